The van der Waals surface area contributed by atoms with E-state index < -0.39 is 0 Å². The third kappa shape index (κ3) is 3.18. The monoisotopic (exact) mass is 323 g/mol. The third-order valence-corrected chi connectivity index (χ3v) is 3.41. The van der Waals surface area contributed by atoms with Gasteiger partial charge in [-0.15, -0.1) is 0 Å². The Labute approximate surface area is 118 Å². The van der Waals surface area contributed by atoms with Crippen LogP contribution in [0.4, 0.5) is 4.39 Å². The standard InChI is InChI=1S/C13H11BrFN3O/c1-8(3-2-6-16)13-17-12(18-19-13)10-7-9(15)4-5-11(10)14/h4-5,7-8H,2-3H2,1H3. The quantitative estimate of drug-likeness (QED) is 0.851. The van der Waals surface area contributed by atoms with E-state index in [-0.39, 0.29) is 11.7 Å². The van der Waals surface area contributed by atoms with Gasteiger partial charge in [0.15, 0.2) is 0 Å². The second-order valence-electron chi connectivity index (χ2n) is 4.18. The molecular formula is C13H11BrFN3O. The molecule has 1 aromatic carbocycles. The second kappa shape index (κ2) is 5.93. The van der Waals surface area contributed by atoms with E-state index in [1.807, 2.05) is 6.92 Å². The zero-order valence-electron chi connectivity index (χ0n) is 10.2. The summed E-state index contributed by atoms with van der Waals surface area (Å²) in [5.74, 6) is 0.446. The fourth-order valence-corrected chi connectivity index (χ4v) is 2.04. The molecule has 98 valence electrons. The molecule has 0 aliphatic heterocycles. The van der Waals surface area contributed by atoms with E-state index in [2.05, 4.69) is 32.1 Å². The van der Waals surface area contributed by atoms with Crippen molar-refractivity contribution in [3.05, 3.63) is 34.4 Å². The highest BCUT2D eigenvalue weighted by Gasteiger charge is 2.16. The summed E-state index contributed by atoms with van der Waals surface area (Å²) in [5.41, 5.74) is 0.544. The van der Waals surface area contributed by atoms with Crippen LogP contribution in [0.2, 0.25) is 0 Å². The Bertz CT molecular complexity index is 621. The Morgan fingerprint density at radius 1 is 1.53 bits per heavy atom. The molecule has 0 fully saturated rings. The Morgan fingerprint density at radius 3 is 3.05 bits per heavy atom. The van der Waals surface area contributed by atoms with Gasteiger partial charge in [0.25, 0.3) is 0 Å². The highest BCUT2D eigenvalue weighted by molar-refractivity contribution is 9.10. The molecular weight excluding hydrogens is 313 g/mol. The van der Waals surface area contributed by atoms with E-state index >= 15 is 0 Å². The summed E-state index contributed by atoms with van der Waals surface area (Å²) in [7, 11) is 0. The molecule has 0 amide bonds. The zero-order chi connectivity index (χ0) is 13.8. The summed E-state index contributed by atoms with van der Waals surface area (Å²) in [6.07, 6.45) is 1.09. The largest absolute Gasteiger partial charge is 0.339 e. The number of hydrogen-bond acceptors (Lipinski definition) is 4. The van der Waals surface area contributed by atoms with Crippen LogP contribution in [0.3, 0.4) is 0 Å². The summed E-state index contributed by atoms with van der Waals surface area (Å²) < 4.78 is 19.1. The van der Waals surface area contributed by atoms with E-state index in [4.69, 9.17) is 9.78 Å². The van der Waals surface area contributed by atoms with Crippen molar-refractivity contribution >= 4 is 15.9 Å². The number of halogens is 2. The fourth-order valence-electron chi connectivity index (χ4n) is 1.62. The molecule has 2 rings (SSSR count). The predicted molar refractivity (Wildman–Crippen MR) is 70.7 cm³/mol. The van der Waals surface area contributed by atoms with Crippen molar-refractivity contribution in [1.82, 2.24) is 10.1 Å². The lowest BCUT2D eigenvalue weighted by Crippen LogP contribution is -1.93. The first-order valence-corrected chi connectivity index (χ1v) is 6.57. The molecule has 2 aromatic rings. The number of nitriles is 1. The van der Waals surface area contributed by atoms with Gasteiger partial charge >= 0.3 is 0 Å². The van der Waals surface area contributed by atoms with Crippen LogP contribution in [0.5, 0.6) is 0 Å². The normalized spacial score (nSPS) is 12.1. The van der Waals surface area contributed by atoms with Crippen molar-refractivity contribution in [2.75, 3.05) is 0 Å². The molecule has 1 aromatic heterocycles. The van der Waals surface area contributed by atoms with Crippen LogP contribution in [-0.2, 0) is 0 Å². The Balaban J connectivity index is 2.26. The maximum absolute atomic E-state index is 13.2. The molecule has 1 atom stereocenters. The van der Waals surface area contributed by atoms with Gasteiger partial charge in [0.2, 0.25) is 11.7 Å². The molecule has 1 unspecified atom stereocenters. The molecule has 0 saturated carbocycles. The number of benzene rings is 1. The van der Waals surface area contributed by atoms with Gasteiger partial charge in [-0.2, -0.15) is 10.2 Å². The number of hydrogen-bond donors (Lipinski definition) is 0. The van der Waals surface area contributed by atoms with Crippen molar-refractivity contribution in [2.45, 2.75) is 25.7 Å². The third-order valence-electron chi connectivity index (χ3n) is 2.72. The molecule has 0 N–H and O–H groups in total. The average molecular weight is 324 g/mol. The van der Waals surface area contributed by atoms with Crippen molar-refractivity contribution in [3.8, 4) is 17.5 Å². The number of rotatable bonds is 4. The van der Waals surface area contributed by atoms with Crippen LogP contribution in [0.15, 0.2) is 27.2 Å². The predicted octanol–water partition coefficient (Wildman–Crippen LogP) is 4.05. The minimum absolute atomic E-state index is 0.00762. The topological polar surface area (TPSA) is 62.7 Å². The lowest BCUT2D eigenvalue weighted by Gasteiger charge is -2.01. The van der Waals surface area contributed by atoms with Crippen molar-refractivity contribution < 1.29 is 8.91 Å². The van der Waals surface area contributed by atoms with E-state index in [1.165, 1.54) is 12.1 Å². The molecule has 0 bridgehead atoms. The maximum atomic E-state index is 13.2. The van der Waals surface area contributed by atoms with Gasteiger partial charge in [0, 0.05) is 22.4 Å². The molecule has 19 heavy (non-hydrogen) atoms. The molecule has 0 spiro atoms. The van der Waals surface area contributed by atoms with Crippen molar-refractivity contribution in [1.29, 1.82) is 5.26 Å². The van der Waals surface area contributed by atoms with Crippen LogP contribution in [0.25, 0.3) is 11.4 Å². The minimum atomic E-state index is -0.359. The summed E-state index contributed by atoms with van der Waals surface area (Å²) in [6.45, 7) is 1.91. The van der Waals surface area contributed by atoms with E-state index in [1.54, 1.807) is 6.07 Å². The molecule has 0 aliphatic rings. The van der Waals surface area contributed by atoms with Crippen LogP contribution in [0.1, 0.15) is 31.6 Å². The highest BCUT2D eigenvalue weighted by atomic mass is 79.9. The first-order chi connectivity index (χ1) is 9.11. The van der Waals surface area contributed by atoms with E-state index in [9.17, 15) is 4.39 Å². The Morgan fingerprint density at radius 2 is 2.32 bits per heavy atom. The van der Waals surface area contributed by atoms with Gasteiger partial charge < -0.3 is 4.52 Å². The van der Waals surface area contributed by atoms with Crippen LogP contribution >= 0.6 is 15.9 Å². The smallest absolute Gasteiger partial charge is 0.229 e. The Hall–Kier alpha value is -1.74. The van der Waals surface area contributed by atoms with Gasteiger partial charge in [0.1, 0.15) is 5.82 Å². The molecule has 0 radical (unpaired) electrons. The lowest BCUT2D eigenvalue weighted by molar-refractivity contribution is 0.355. The Kier molecular flexibility index (Phi) is 4.27. The minimum Gasteiger partial charge on any atom is -0.339 e. The highest BCUT2D eigenvalue weighted by Crippen LogP contribution is 2.28. The van der Waals surface area contributed by atoms with Crippen molar-refractivity contribution in [2.24, 2.45) is 0 Å². The summed E-state index contributed by atoms with van der Waals surface area (Å²) in [5, 5.41) is 12.4. The molecule has 0 saturated heterocycles. The summed E-state index contributed by atoms with van der Waals surface area (Å²) in [6, 6.07) is 6.37. The van der Waals surface area contributed by atoms with Gasteiger partial charge in [-0.25, -0.2) is 4.39 Å². The van der Waals surface area contributed by atoms with Crippen LogP contribution in [-0.4, -0.2) is 10.1 Å². The first-order valence-electron chi connectivity index (χ1n) is 5.77. The van der Waals surface area contributed by atoms with E-state index in [0.29, 0.717) is 34.6 Å². The van der Waals surface area contributed by atoms with Gasteiger partial charge in [-0.05, 0) is 24.6 Å². The van der Waals surface area contributed by atoms with Gasteiger partial charge in [-0.3, -0.25) is 0 Å². The number of nitrogens with zero attached hydrogens (tertiary/aromatic N) is 3. The van der Waals surface area contributed by atoms with Crippen LogP contribution < -0.4 is 0 Å². The zero-order valence-corrected chi connectivity index (χ0v) is 11.8. The van der Waals surface area contributed by atoms with E-state index in [0.717, 1.165) is 0 Å². The summed E-state index contributed by atoms with van der Waals surface area (Å²) in [4.78, 5) is 4.25. The molecule has 0 aliphatic carbocycles. The van der Waals surface area contributed by atoms with Gasteiger partial charge in [-0.1, -0.05) is 28.0 Å². The molecule has 1 heterocycles. The molecule has 4 nitrogen and oxygen atoms in total. The average Bonchev–Trinajstić information content (AvgIpc) is 2.88. The second-order valence-corrected chi connectivity index (χ2v) is 5.03. The molecule has 6 heteroatoms. The van der Waals surface area contributed by atoms with Gasteiger partial charge in [0.05, 0.1) is 6.07 Å². The SMILES string of the molecule is CC(CCC#N)c1nc(-c2cc(F)ccc2Br)no1. The van der Waals surface area contributed by atoms with Crippen LogP contribution in [0, 0.1) is 17.1 Å². The van der Waals surface area contributed by atoms with Crippen molar-refractivity contribution in [3.63, 3.8) is 0 Å². The first kappa shape index (κ1) is 13.7. The number of aromatic nitrogens is 2. The lowest BCUT2D eigenvalue weighted by atomic mass is 10.1. The fraction of sp³-hybridized carbons (Fsp3) is 0.308. The summed E-state index contributed by atoms with van der Waals surface area (Å²) >= 11 is 3.32. The maximum Gasteiger partial charge on any atom is 0.229 e.